The van der Waals surface area contributed by atoms with Gasteiger partial charge in [0.05, 0.1) is 32.8 Å². The number of carbonyl (C=O) groups excluding carboxylic acids is 1. The average molecular weight is 278 g/mol. The van der Waals surface area contributed by atoms with E-state index >= 15 is 0 Å². The summed E-state index contributed by atoms with van der Waals surface area (Å²) in [6.45, 7) is 7.34. The molecule has 0 aliphatic carbocycles. The molecule has 1 N–H and O–H groups in total. The number of carbonyl (C=O) groups is 1. The molecule has 0 amide bonds. The van der Waals surface area contributed by atoms with Crippen LogP contribution in [0.4, 0.5) is 0 Å². The van der Waals surface area contributed by atoms with Crippen LogP contribution in [0.5, 0.6) is 5.75 Å². The SMILES string of the molecule is CCCOc1ccc(C(=O)CC[NH+]2CCOCC2)cc1. The third-order valence-corrected chi connectivity index (χ3v) is 3.55. The topological polar surface area (TPSA) is 40.0 Å². The van der Waals surface area contributed by atoms with E-state index in [1.54, 1.807) is 0 Å². The van der Waals surface area contributed by atoms with Gasteiger partial charge in [-0.3, -0.25) is 4.79 Å². The van der Waals surface area contributed by atoms with Crippen molar-refractivity contribution in [1.29, 1.82) is 0 Å². The van der Waals surface area contributed by atoms with Gasteiger partial charge in [-0.05, 0) is 30.7 Å². The van der Waals surface area contributed by atoms with E-state index in [1.807, 2.05) is 24.3 Å². The van der Waals surface area contributed by atoms with Crippen molar-refractivity contribution in [3.05, 3.63) is 29.8 Å². The van der Waals surface area contributed by atoms with Crippen LogP contribution in [0.1, 0.15) is 30.1 Å². The van der Waals surface area contributed by atoms with E-state index in [-0.39, 0.29) is 5.78 Å². The molecule has 4 nitrogen and oxygen atoms in total. The van der Waals surface area contributed by atoms with Crippen molar-refractivity contribution in [2.24, 2.45) is 0 Å². The summed E-state index contributed by atoms with van der Waals surface area (Å²) in [6.07, 6.45) is 1.59. The normalized spacial score (nSPS) is 16.1. The zero-order valence-electron chi connectivity index (χ0n) is 12.2. The van der Waals surface area contributed by atoms with Crippen LogP contribution in [0.3, 0.4) is 0 Å². The number of ether oxygens (including phenoxy) is 2. The summed E-state index contributed by atoms with van der Waals surface area (Å²) in [5.41, 5.74) is 0.779. The van der Waals surface area contributed by atoms with Gasteiger partial charge >= 0.3 is 0 Å². The van der Waals surface area contributed by atoms with Gasteiger partial charge < -0.3 is 14.4 Å². The molecular weight excluding hydrogens is 254 g/mol. The first-order valence-electron chi connectivity index (χ1n) is 7.47. The molecule has 1 fully saturated rings. The Kier molecular flexibility index (Phi) is 6.02. The molecule has 0 aromatic heterocycles. The second kappa shape index (κ2) is 8.02. The molecule has 1 saturated heterocycles. The van der Waals surface area contributed by atoms with E-state index in [0.717, 1.165) is 50.6 Å². The van der Waals surface area contributed by atoms with E-state index in [0.29, 0.717) is 13.0 Å². The first-order chi connectivity index (χ1) is 9.79. The molecule has 0 atom stereocenters. The van der Waals surface area contributed by atoms with E-state index in [4.69, 9.17) is 9.47 Å². The molecule has 110 valence electrons. The highest BCUT2D eigenvalue weighted by molar-refractivity contribution is 5.96. The third kappa shape index (κ3) is 4.62. The van der Waals surface area contributed by atoms with E-state index in [1.165, 1.54) is 4.90 Å². The molecular formula is C16H24NO3+. The number of morpholine rings is 1. The molecule has 1 aromatic rings. The minimum atomic E-state index is 0.214. The van der Waals surface area contributed by atoms with Crippen molar-refractivity contribution >= 4 is 5.78 Å². The number of nitrogens with one attached hydrogen (secondary N) is 1. The Balaban J connectivity index is 1.79. The maximum atomic E-state index is 12.1. The third-order valence-electron chi connectivity index (χ3n) is 3.55. The van der Waals surface area contributed by atoms with Crippen molar-refractivity contribution < 1.29 is 19.2 Å². The number of hydrogen-bond donors (Lipinski definition) is 1. The molecule has 0 saturated carbocycles. The Hall–Kier alpha value is -1.39. The lowest BCUT2D eigenvalue weighted by Gasteiger charge is -2.23. The zero-order valence-corrected chi connectivity index (χ0v) is 12.2. The number of Topliss-reactive ketones (excluding diaryl/α,β-unsaturated/α-hetero) is 1. The highest BCUT2D eigenvalue weighted by Crippen LogP contribution is 2.13. The molecule has 1 aliphatic heterocycles. The van der Waals surface area contributed by atoms with Crippen LogP contribution in [0.2, 0.25) is 0 Å². The Morgan fingerprint density at radius 3 is 2.60 bits per heavy atom. The molecule has 2 rings (SSSR count). The average Bonchev–Trinajstić information content (AvgIpc) is 2.52. The fourth-order valence-corrected chi connectivity index (χ4v) is 2.30. The van der Waals surface area contributed by atoms with Crippen LogP contribution in [-0.4, -0.2) is 45.2 Å². The van der Waals surface area contributed by atoms with Crippen LogP contribution in [0, 0.1) is 0 Å². The monoisotopic (exact) mass is 278 g/mol. The summed E-state index contributed by atoms with van der Waals surface area (Å²) in [5, 5.41) is 0. The number of benzene rings is 1. The highest BCUT2D eigenvalue weighted by Gasteiger charge is 2.15. The van der Waals surface area contributed by atoms with Gasteiger partial charge in [0, 0.05) is 5.56 Å². The zero-order chi connectivity index (χ0) is 14.2. The minimum absolute atomic E-state index is 0.214. The first kappa shape index (κ1) is 15.0. The lowest BCUT2D eigenvalue weighted by molar-refractivity contribution is -0.907. The van der Waals surface area contributed by atoms with E-state index < -0.39 is 0 Å². The van der Waals surface area contributed by atoms with Crippen LogP contribution in [-0.2, 0) is 4.74 Å². The number of rotatable bonds is 7. The maximum Gasteiger partial charge on any atom is 0.168 e. The summed E-state index contributed by atoms with van der Waals surface area (Å²) in [4.78, 5) is 13.6. The van der Waals surface area contributed by atoms with Crippen LogP contribution in [0.25, 0.3) is 0 Å². The van der Waals surface area contributed by atoms with Crippen LogP contribution in [0.15, 0.2) is 24.3 Å². The molecule has 0 unspecified atom stereocenters. The smallest absolute Gasteiger partial charge is 0.168 e. The van der Waals surface area contributed by atoms with E-state index in [2.05, 4.69) is 6.92 Å². The fraction of sp³-hybridized carbons (Fsp3) is 0.562. The van der Waals surface area contributed by atoms with Gasteiger partial charge in [0.15, 0.2) is 5.78 Å². The Labute approximate surface area is 120 Å². The van der Waals surface area contributed by atoms with Crippen LogP contribution >= 0.6 is 0 Å². The largest absolute Gasteiger partial charge is 0.494 e. The predicted molar refractivity (Wildman–Crippen MR) is 77.6 cm³/mol. The van der Waals surface area contributed by atoms with Gasteiger partial charge in [0.25, 0.3) is 0 Å². The van der Waals surface area contributed by atoms with Crippen molar-refractivity contribution in [1.82, 2.24) is 0 Å². The van der Waals surface area contributed by atoms with Gasteiger partial charge in [-0.15, -0.1) is 0 Å². The summed E-state index contributed by atoms with van der Waals surface area (Å²) in [7, 11) is 0. The molecule has 20 heavy (non-hydrogen) atoms. The summed E-state index contributed by atoms with van der Waals surface area (Å²) in [5.74, 6) is 1.05. The summed E-state index contributed by atoms with van der Waals surface area (Å²) < 4.78 is 10.8. The van der Waals surface area contributed by atoms with Crippen molar-refractivity contribution in [3.8, 4) is 5.75 Å². The van der Waals surface area contributed by atoms with Gasteiger partial charge in [0.2, 0.25) is 0 Å². The molecule has 1 heterocycles. The van der Waals surface area contributed by atoms with Crippen LogP contribution < -0.4 is 9.64 Å². The first-order valence-corrected chi connectivity index (χ1v) is 7.47. The maximum absolute atomic E-state index is 12.1. The number of quaternary nitrogens is 1. The van der Waals surface area contributed by atoms with Gasteiger partial charge in [-0.2, -0.15) is 0 Å². The highest BCUT2D eigenvalue weighted by atomic mass is 16.5. The Morgan fingerprint density at radius 2 is 1.95 bits per heavy atom. The molecule has 0 radical (unpaired) electrons. The van der Waals surface area contributed by atoms with E-state index in [9.17, 15) is 4.79 Å². The molecule has 1 aliphatic rings. The van der Waals surface area contributed by atoms with Crippen molar-refractivity contribution in [2.75, 3.05) is 39.5 Å². The van der Waals surface area contributed by atoms with Crippen molar-refractivity contribution in [2.45, 2.75) is 19.8 Å². The minimum Gasteiger partial charge on any atom is -0.494 e. The summed E-state index contributed by atoms with van der Waals surface area (Å²) in [6, 6.07) is 7.49. The lowest BCUT2D eigenvalue weighted by atomic mass is 10.1. The Bertz CT molecular complexity index is 410. The number of ketones is 1. The van der Waals surface area contributed by atoms with Gasteiger partial charge in [-0.1, -0.05) is 6.92 Å². The number of hydrogen-bond acceptors (Lipinski definition) is 3. The van der Waals surface area contributed by atoms with Gasteiger partial charge in [0.1, 0.15) is 18.8 Å². The molecule has 1 aromatic carbocycles. The molecule has 0 spiro atoms. The standard InChI is InChI=1S/C16H23NO3/c1-2-11-20-15-5-3-14(4-6-15)16(18)7-8-17-9-12-19-13-10-17/h3-6H,2,7-13H2,1H3/p+1. The predicted octanol–water partition coefficient (Wildman–Crippen LogP) is 0.963. The fourth-order valence-electron chi connectivity index (χ4n) is 2.30. The second-order valence-corrected chi connectivity index (χ2v) is 5.16. The molecule has 4 heteroatoms. The van der Waals surface area contributed by atoms with Gasteiger partial charge in [-0.25, -0.2) is 0 Å². The molecule has 0 bridgehead atoms. The second-order valence-electron chi connectivity index (χ2n) is 5.16. The quantitative estimate of drug-likeness (QED) is 0.755. The summed E-state index contributed by atoms with van der Waals surface area (Å²) >= 11 is 0. The van der Waals surface area contributed by atoms with Crippen molar-refractivity contribution in [3.63, 3.8) is 0 Å². The Morgan fingerprint density at radius 1 is 1.25 bits per heavy atom. The lowest BCUT2D eigenvalue weighted by Crippen LogP contribution is -3.14.